The van der Waals surface area contributed by atoms with Crippen LogP contribution in [0.4, 0.5) is 5.69 Å². The molecule has 0 radical (unpaired) electrons. The van der Waals surface area contributed by atoms with Crippen molar-refractivity contribution < 1.29 is 4.79 Å². The van der Waals surface area contributed by atoms with Crippen molar-refractivity contribution in [1.82, 2.24) is 4.98 Å². The molecule has 4 nitrogen and oxygen atoms in total. The van der Waals surface area contributed by atoms with E-state index in [4.69, 9.17) is 16.9 Å². The largest absolute Gasteiger partial charge is 0.320 e. The first-order valence-electron chi connectivity index (χ1n) is 5.78. The van der Waals surface area contributed by atoms with Crippen LogP contribution >= 0.6 is 11.6 Å². The van der Waals surface area contributed by atoms with Gasteiger partial charge in [0.05, 0.1) is 10.7 Å². The maximum Gasteiger partial charge on any atom is 0.266 e. The second-order valence-electron chi connectivity index (χ2n) is 3.89. The van der Waals surface area contributed by atoms with Gasteiger partial charge in [0.15, 0.2) is 0 Å². The van der Waals surface area contributed by atoms with Gasteiger partial charge in [-0.15, -0.1) is 0 Å². The molecule has 20 heavy (non-hydrogen) atoms. The molecule has 1 aromatic carbocycles. The van der Waals surface area contributed by atoms with Crippen molar-refractivity contribution in [3.8, 4) is 6.07 Å². The highest BCUT2D eigenvalue weighted by molar-refractivity contribution is 6.34. The molecule has 0 bridgehead atoms. The van der Waals surface area contributed by atoms with Gasteiger partial charge in [0, 0.05) is 12.4 Å². The highest BCUT2D eigenvalue weighted by Crippen LogP contribution is 2.21. The van der Waals surface area contributed by atoms with Gasteiger partial charge < -0.3 is 5.32 Å². The fourth-order valence-corrected chi connectivity index (χ4v) is 1.71. The average Bonchev–Trinajstić information content (AvgIpc) is 2.48. The van der Waals surface area contributed by atoms with Crippen LogP contribution < -0.4 is 5.32 Å². The van der Waals surface area contributed by atoms with E-state index in [0.29, 0.717) is 16.3 Å². The van der Waals surface area contributed by atoms with E-state index in [1.165, 1.54) is 6.08 Å². The maximum atomic E-state index is 12.0. The first-order chi connectivity index (χ1) is 9.70. The number of anilines is 1. The summed E-state index contributed by atoms with van der Waals surface area (Å²) in [4.78, 5) is 15.9. The Bertz CT molecular complexity index is 690. The zero-order valence-corrected chi connectivity index (χ0v) is 11.1. The summed E-state index contributed by atoms with van der Waals surface area (Å²) in [7, 11) is 0. The molecular formula is C15H10ClN3O. The van der Waals surface area contributed by atoms with E-state index < -0.39 is 5.91 Å². The Kier molecular flexibility index (Phi) is 4.48. The smallest absolute Gasteiger partial charge is 0.266 e. The van der Waals surface area contributed by atoms with Crippen molar-refractivity contribution >= 4 is 29.3 Å². The third-order valence-corrected chi connectivity index (χ3v) is 2.81. The van der Waals surface area contributed by atoms with Crippen LogP contribution in [-0.4, -0.2) is 10.9 Å². The summed E-state index contributed by atoms with van der Waals surface area (Å²) < 4.78 is 0. The van der Waals surface area contributed by atoms with E-state index in [0.717, 1.165) is 0 Å². The topological polar surface area (TPSA) is 65.8 Å². The van der Waals surface area contributed by atoms with Gasteiger partial charge in [0.2, 0.25) is 0 Å². The molecule has 0 saturated carbocycles. The second kappa shape index (κ2) is 6.50. The summed E-state index contributed by atoms with van der Waals surface area (Å²) in [6.45, 7) is 0. The van der Waals surface area contributed by atoms with E-state index >= 15 is 0 Å². The van der Waals surface area contributed by atoms with Gasteiger partial charge in [-0.25, -0.2) is 0 Å². The zero-order valence-electron chi connectivity index (χ0n) is 10.4. The lowest BCUT2D eigenvalue weighted by molar-refractivity contribution is -0.112. The van der Waals surface area contributed by atoms with Gasteiger partial charge in [0.1, 0.15) is 11.6 Å². The number of para-hydroxylation sites is 1. The number of nitrogens with zero attached hydrogens (tertiary/aromatic N) is 2. The lowest BCUT2D eigenvalue weighted by atomic mass is 10.1. The Morgan fingerprint density at radius 1 is 1.30 bits per heavy atom. The van der Waals surface area contributed by atoms with Gasteiger partial charge in [-0.1, -0.05) is 29.8 Å². The molecule has 1 N–H and O–H groups in total. The molecule has 0 aliphatic heterocycles. The van der Waals surface area contributed by atoms with Crippen LogP contribution in [0.5, 0.6) is 0 Å². The normalized spacial score (nSPS) is 10.7. The molecule has 0 aliphatic carbocycles. The quantitative estimate of drug-likeness (QED) is 0.694. The summed E-state index contributed by atoms with van der Waals surface area (Å²) in [6.07, 6.45) is 4.66. The second-order valence-corrected chi connectivity index (χ2v) is 4.30. The average molecular weight is 284 g/mol. The van der Waals surface area contributed by atoms with Gasteiger partial charge >= 0.3 is 0 Å². The molecule has 2 rings (SSSR count). The van der Waals surface area contributed by atoms with Crippen LogP contribution in [0.25, 0.3) is 6.08 Å². The minimum atomic E-state index is -0.510. The number of benzene rings is 1. The highest BCUT2D eigenvalue weighted by Gasteiger charge is 2.10. The number of hydrogen-bond donors (Lipinski definition) is 1. The van der Waals surface area contributed by atoms with Crippen molar-refractivity contribution in [2.45, 2.75) is 0 Å². The molecule has 0 saturated heterocycles. The van der Waals surface area contributed by atoms with E-state index in [-0.39, 0.29) is 5.57 Å². The summed E-state index contributed by atoms with van der Waals surface area (Å²) in [5, 5.41) is 12.1. The van der Waals surface area contributed by atoms with Crippen LogP contribution in [0.1, 0.15) is 5.56 Å². The first kappa shape index (κ1) is 13.8. The standard InChI is InChI=1S/C15H10ClN3O/c16-13-5-1-2-6-14(13)19-15(20)12(9-17)8-11-4-3-7-18-10-11/h1-8,10H,(H,19,20)/b12-8+. The number of halogens is 1. The Hall–Kier alpha value is -2.64. The number of pyridine rings is 1. The number of hydrogen-bond acceptors (Lipinski definition) is 3. The lowest BCUT2D eigenvalue weighted by Gasteiger charge is -2.05. The van der Waals surface area contributed by atoms with Crippen molar-refractivity contribution in [2.24, 2.45) is 0 Å². The van der Waals surface area contributed by atoms with Crippen LogP contribution in [0.3, 0.4) is 0 Å². The van der Waals surface area contributed by atoms with Crippen molar-refractivity contribution in [1.29, 1.82) is 5.26 Å². The van der Waals surface area contributed by atoms with E-state index in [2.05, 4.69) is 10.3 Å². The summed E-state index contributed by atoms with van der Waals surface area (Å²) in [5.74, 6) is -0.510. The summed E-state index contributed by atoms with van der Waals surface area (Å²) >= 11 is 5.95. The molecule has 1 heterocycles. The van der Waals surface area contributed by atoms with Gasteiger partial charge in [0.25, 0.3) is 5.91 Å². The van der Waals surface area contributed by atoms with E-state index in [1.54, 1.807) is 48.8 Å². The van der Waals surface area contributed by atoms with Crippen molar-refractivity contribution in [3.63, 3.8) is 0 Å². The number of amides is 1. The van der Waals surface area contributed by atoms with Gasteiger partial charge in [-0.2, -0.15) is 5.26 Å². The molecule has 0 unspecified atom stereocenters. The minimum absolute atomic E-state index is 0.0158. The molecule has 5 heteroatoms. The van der Waals surface area contributed by atoms with E-state index in [9.17, 15) is 4.79 Å². The van der Waals surface area contributed by atoms with Crippen molar-refractivity contribution in [3.05, 3.63) is 65.0 Å². The zero-order chi connectivity index (χ0) is 14.4. The number of rotatable bonds is 3. The Morgan fingerprint density at radius 2 is 2.10 bits per heavy atom. The van der Waals surface area contributed by atoms with E-state index in [1.807, 2.05) is 6.07 Å². The van der Waals surface area contributed by atoms with Crippen LogP contribution in [0.15, 0.2) is 54.4 Å². The predicted molar refractivity (Wildman–Crippen MR) is 77.9 cm³/mol. The summed E-state index contributed by atoms with van der Waals surface area (Å²) in [6, 6.07) is 12.2. The SMILES string of the molecule is N#C/C(=C\c1cccnc1)C(=O)Nc1ccccc1Cl. The number of aromatic nitrogens is 1. The Morgan fingerprint density at radius 3 is 2.75 bits per heavy atom. The number of nitriles is 1. The molecule has 0 fully saturated rings. The predicted octanol–water partition coefficient (Wildman–Crippen LogP) is 3.28. The fourth-order valence-electron chi connectivity index (χ4n) is 1.53. The molecule has 0 atom stereocenters. The number of carbonyl (C=O) groups is 1. The fraction of sp³-hybridized carbons (Fsp3) is 0. The minimum Gasteiger partial charge on any atom is -0.320 e. The van der Waals surface area contributed by atoms with Crippen LogP contribution in [0.2, 0.25) is 5.02 Å². The third kappa shape index (κ3) is 3.44. The molecule has 98 valence electrons. The summed E-state index contributed by atoms with van der Waals surface area (Å²) in [5.41, 5.74) is 1.13. The molecule has 1 amide bonds. The van der Waals surface area contributed by atoms with Crippen LogP contribution in [-0.2, 0) is 4.79 Å². The lowest BCUT2D eigenvalue weighted by Crippen LogP contribution is -2.13. The van der Waals surface area contributed by atoms with Gasteiger partial charge in [-0.3, -0.25) is 9.78 Å². The molecular weight excluding hydrogens is 274 g/mol. The monoisotopic (exact) mass is 283 g/mol. The maximum absolute atomic E-state index is 12.0. The molecule has 1 aromatic heterocycles. The first-order valence-corrected chi connectivity index (χ1v) is 6.16. The number of carbonyl (C=O) groups excluding carboxylic acids is 1. The Labute approximate surface area is 121 Å². The molecule has 0 spiro atoms. The van der Waals surface area contributed by atoms with Crippen LogP contribution in [0, 0.1) is 11.3 Å². The van der Waals surface area contributed by atoms with Gasteiger partial charge in [-0.05, 0) is 29.8 Å². The number of nitrogens with one attached hydrogen (secondary N) is 1. The molecule has 0 aliphatic rings. The third-order valence-electron chi connectivity index (χ3n) is 2.48. The molecule has 2 aromatic rings. The Balaban J connectivity index is 2.21. The van der Waals surface area contributed by atoms with Crippen molar-refractivity contribution in [2.75, 3.05) is 5.32 Å². The highest BCUT2D eigenvalue weighted by atomic mass is 35.5.